The van der Waals surface area contributed by atoms with E-state index in [0.717, 1.165) is 12.0 Å². The summed E-state index contributed by atoms with van der Waals surface area (Å²) in [4.78, 5) is 11.6. The zero-order valence-corrected chi connectivity index (χ0v) is 8.37. The predicted octanol–water partition coefficient (Wildman–Crippen LogP) is 1.32. The van der Waals surface area contributed by atoms with E-state index < -0.39 is 0 Å². The number of nitrogens with zero attached hydrogens (tertiary/aromatic N) is 2. The molecule has 2 aliphatic rings. The van der Waals surface area contributed by atoms with E-state index >= 15 is 0 Å². The Morgan fingerprint density at radius 1 is 1.46 bits per heavy atom. The molecule has 1 atom stereocenters. The van der Waals surface area contributed by atoms with E-state index in [9.17, 15) is 4.79 Å². The molecule has 0 saturated heterocycles. The van der Waals surface area contributed by atoms with Crippen molar-refractivity contribution in [1.29, 1.82) is 0 Å². The summed E-state index contributed by atoms with van der Waals surface area (Å²) in [5.41, 5.74) is 2.05. The Balaban J connectivity index is 2.44. The largest absolute Gasteiger partial charge is 0.294 e. The second-order valence-electron chi connectivity index (χ2n) is 4.44. The van der Waals surface area contributed by atoms with Crippen LogP contribution in [0.2, 0.25) is 0 Å². The van der Waals surface area contributed by atoms with E-state index in [1.54, 1.807) is 6.21 Å². The lowest BCUT2D eigenvalue weighted by atomic mass is 9.88. The normalized spacial score (nSPS) is 31.0. The Kier molecular flexibility index (Phi) is 1.67. The van der Waals surface area contributed by atoms with Gasteiger partial charge in [0, 0.05) is 12.8 Å². The Morgan fingerprint density at radius 3 is 2.85 bits per heavy atom. The Bertz CT molecular complexity index is 326. The summed E-state index contributed by atoms with van der Waals surface area (Å²) in [5, 5.41) is 4.32. The van der Waals surface area contributed by atoms with Gasteiger partial charge in [0.15, 0.2) is 5.78 Å². The van der Waals surface area contributed by atoms with Crippen LogP contribution in [0.25, 0.3) is 0 Å². The average molecular weight is 179 g/mol. The van der Waals surface area contributed by atoms with E-state index in [1.165, 1.54) is 5.70 Å². The third-order valence-electron chi connectivity index (χ3n) is 2.82. The fraction of sp³-hybridized carbons (Fsp3) is 0.600. The molecular weight excluding hydrogens is 164 g/mol. The summed E-state index contributed by atoms with van der Waals surface area (Å²) in [6.07, 6.45) is 3.43. The van der Waals surface area contributed by atoms with E-state index in [1.807, 2.05) is 14.1 Å². The molecule has 3 heteroatoms. The maximum atomic E-state index is 11.6. The maximum Gasteiger partial charge on any atom is 0.170 e. The van der Waals surface area contributed by atoms with E-state index in [4.69, 9.17) is 0 Å². The van der Waals surface area contributed by atoms with Crippen LogP contribution in [0.3, 0.4) is 0 Å². The van der Waals surface area contributed by atoms with Gasteiger partial charge in [-0.25, -0.2) is 0 Å². The molecule has 3 nitrogen and oxygen atoms in total. The lowest BCUT2D eigenvalue weighted by Gasteiger charge is -2.26. The van der Waals surface area contributed by atoms with Gasteiger partial charge in [-0.2, -0.15) is 4.59 Å². The van der Waals surface area contributed by atoms with Gasteiger partial charge >= 0.3 is 0 Å². The first-order valence-corrected chi connectivity index (χ1v) is 4.67. The van der Waals surface area contributed by atoms with Crippen molar-refractivity contribution in [1.82, 2.24) is 0 Å². The maximum absolute atomic E-state index is 11.6. The first-order valence-electron chi connectivity index (χ1n) is 4.67. The molecule has 0 fully saturated rings. The van der Waals surface area contributed by atoms with Gasteiger partial charge in [-0.15, -0.1) is 0 Å². The number of hydrogen-bond acceptors (Lipinski definition) is 2. The molecule has 0 radical (unpaired) electrons. The minimum atomic E-state index is 0.265. The van der Waals surface area contributed by atoms with Crippen molar-refractivity contribution >= 4 is 12.0 Å². The zero-order valence-electron chi connectivity index (χ0n) is 8.37. The van der Waals surface area contributed by atoms with E-state index in [0.29, 0.717) is 16.9 Å². The number of quaternary nitrogens is 1. The predicted molar refractivity (Wildman–Crippen MR) is 51.0 cm³/mol. The zero-order chi connectivity index (χ0) is 9.64. The Morgan fingerprint density at radius 2 is 2.15 bits per heavy atom. The highest BCUT2D eigenvalue weighted by Gasteiger charge is 2.38. The summed E-state index contributed by atoms with van der Waals surface area (Å²) < 4.78 is 0.519. The molecule has 1 heterocycles. The minimum absolute atomic E-state index is 0.265. The first-order chi connectivity index (χ1) is 6.00. The molecule has 1 aliphatic heterocycles. The highest BCUT2D eigenvalue weighted by atomic mass is 16.1. The molecule has 1 unspecified atom stereocenters. The third kappa shape index (κ3) is 1.23. The van der Waals surface area contributed by atoms with Gasteiger partial charge in [0.1, 0.15) is 11.3 Å². The molecule has 0 N–H and O–H groups in total. The summed E-state index contributed by atoms with van der Waals surface area (Å²) in [6.45, 7) is 2.12. The van der Waals surface area contributed by atoms with Crippen LogP contribution in [0.5, 0.6) is 0 Å². The van der Waals surface area contributed by atoms with Crippen LogP contribution in [0.4, 0.5) is 0 Å². The number of rotatable bonds is 0. The van der Waals surface area contributed by atoms with E-state index in [2.05, 4.69) is 12.0 Å². The second kappa shape index (κ2) is 2.51. The molecule has 0 spiro atoms. The molecule has 0 aromatic heterocycles. The van der Waals surface area contributed by atoms with Crippen LogP contribution in [0.1, 0.15) is 19.8 Å². The summed E-state index contributed by atoms with van der Waals surface area (Å²) in [5.74, 6) is 0.742. The van der Waals surface area contributed by atoms with Crippen molar-refractivity contribution in [3.8, 4) is 0 Å². The van der Waals surface area contributed by atoms with Gasteiger partial charge in [0.2, 0.25) is 0 Å². The second-order valence-corrected chi connectivity index (χ2v) is 4.44. The number of Topliss-reactive ketones (excluding diaryl/α,β-unsaturated/α-hetero) is 1. The van der Waals surface area contributed by atoms with Crippen molar-refractivity contribution in [2.45, 2.75) is 19.8 Å². The molecule has 1 aliphatic carbocycles. The van der Waals surface area contributed by atoms with Gasteiger partial charge < -0.3 is 0 Å². The van der Waals surface area contributed by atoms with Crippen LogP contribution in [-0.4, -0.2) is 30.7 Å². The van der Waals surface area contributed by atoms with Gasteiger partial charge in [-0.3, -0.25) is 4.79 Å². The summed E-state index contributed by atoms with van der Waals surface area (Å²) in [6, 6.07) is 0. The van der Waals surface area contributed by atoms with Crippen LogP contribution < -0.4 is 0 Å². The smallest absolute Gasteiger partial charge is 0.170 e. The molecule has 0 aromatic rings. The standard InChI is InChI=1S/C10H15N2O/c1-7-4-9-8(10(13)5-7)6-11-12(9,2)3/h6-7H,4-5H2,1-3H3/q+1. The Hall–Kier alpha value is -0.960. The molecule has 2 rings (SSSR count). The monoisotopic (exact) mass is 179 g/mol. The number of carbonyl (C=O) groups excluding carboxylic acids is 1. The molecule has 13 heavy (non-hydrogen) atoms. The summed E-state index contributed by atoms with van der Waals surface area (Å²) in [7, 11) is 4.04. The fourth-order valence-corrected chi connectivity index (χ4v) is 2.04. The average Bonchev–Trinajstić information content (AvgIpc) is 2.28. The van der Waals surface area contributed by atoms with Gasteiger partial charge in [0.05, 0.1) is 20.3 Å². The first kappa shape index (κ1) is 8.63. The lowest BCUT2D eigenvalue weighted by molar-refractivity contribution is -0.858. The SMILES string of the molecule is CC1CC(=O)C2=C(C1)[N+](C)(C)N=C2. The van der Waals surface area contributed by atoms with E-state index in [-0.39, 0.29) is 5.78 Å². The third-order valence-corrected chi connectivity index (χ3v) is 2.82. The van der Waals surface area contributed by atoms with Crippen LogP contribution in [-0.2, 0) is 4.79 Å². The molecular formula is C10H15N2O+. The Labute approximate surface area is 78.3 Å². The van der Waals surface area contributed by atoms with Crippen molar-refractivity contribution in [3.63, 3.8) is 0 Å². The highest BCUT2D eigenvalue weighted by Crippen LogP contribution is 2.34. The van der Waals surface area contributed by atoms with Crippen molar-refractivity contribution in [3.05, 3.63) is 11.3 Å². The van der Waals surface area contributed by atoms with Gasteiger partial charge in [-0.1, -0.05) is 12.0 Å². The van der Waals surface area contributed by atoms with Crippen molar-refractivity contribution < 1.29 is 9.39 Å². The summed E-state index contributed by atoms with van der Waals surface area (Å²) >= 11 is 0. The number of hydrogen-bond donors (Lipinski definition) is 0. The highest BCUT2D eigenvalue weighted by molar-refractivity contribution is 6.14. The molecule has 0 amide bonds. The topological polar surface area (TPSA) is 29.4 Å². The minimum Gasteiger partial charge on any atom is -0.294 e. The van der Waals surface area contributed by atoms with Gasteiger partial charge in [0.25, 0.3) is 0 Å². The fourth-order valence-electron chi connectivity index (χ4n) is 2.04. The van der Waals surface area contributed by atoms with Crippen molar-refractivity contribution in [2.24, 2.45) is 11.0 Å². The van der Waals surface area contributed by atoms with Gasteiger partial charge in [-0.05, 0) is 5.92 Å². The number of carbonyl (C=O) groups is 1. The number of ketones is 1. The molecule has 0 aromatic carbocycles. The molecule has 0 bridgehead atoms. The quantitative estimate of drug-likeness (QED) is 0.516. The van der Waals surface area contributed by atoms with Crippen molar-refractivity contribution in [2.75, 3.05) is 14.1 Å². The van der Waals surface area contributed by atoms with Crippen LogP contribution in [0.15, 0.2) is 16.4 Å². The lowest BCUT2D eigenvalue weighted by Crippen LogP contribution is -2.33. The molecule has 70 valence electrons. The number of allylic oxidation sites excluding steroid dienone is 2. The van der Waals surface area contributed by atoms with Crippen LogP contribution in [0, 0.1) is 5.92 Å². The van der Waals surface area contributed by atoms with Crippen LogP contribution >= 0.6 is 0 Å². The molecule has 0 saturated carbocycles.